The van der Waals surface area contributed by atoms with Gasteiger partial charge in [0.1, 0.15) is 22.3 Å². The van der Waals surface area contributed by atoms with E-state index in [-0.39, 0.29) is 27.1 Å². The minimum Gasteiger partial charge on any atom is -0.455 e. The first-order valence-electron chi connectivity index (χ1n) is 46.5. The standard InChI is InChI=1S/C122H101BN6O2/c1-118(2,3)72-52-59-101-91(64-72)92-65-73(119(4,5)6)53-60-102(92)124(101)77-57-58-95-108(69-77)129(115-86(90-43-29-41-88-84-37-21-27-51-112(84)131-117(88)90)39-31-49-107(115)127-99-46-24-18-34-81(99)82-35-19-25-47-100(82)127)110-71-78(125-103-61-54-74(120(7,8)9)66-93(103)94-67-75(121(10,11)12)55-62-104(94)125)70-109-113(110)123(95)96-68-76(122(13,14)15)56-63-105(96)128(109)114-85(89-42-28-40-87-83-36-20-26-50-111(83)130-116(87)89)38-30-48-106(114)126-97-44-22-16-32-79(97)80-33-17-23-45-98(80)126/h16-71H,1-15H3. The van der Waals surface area contributed by atoms with Gasteiger partial charge in [-0.2, -0.15) is 0 Å². The molecule has 23 aromatic rings. The third kappa shape index (κ3) is 11.7. The van der Waals surface area contributed by atoms with Crippen LogP contribution in [0.5, 0.6) is 0 Å². The van der Waals surface area contributed by atoms with Gasteiger partial charge in [-0.3, -0.25) is 0 Å². The Bertz CT molecular complexity index is 8610. The van der Waals surface area contributed by atoms with Crippen molar-refractivity contribution in [3.05, 3.63) is 368 Å². The van der Waals surface area contributed by atoms with E-state index in [0.717, 1.165) is 173 Å². The average Bonchev–Trinajstić information content (AvgIpc) is 1.54. The van der Waals surface area contributed by atoms with Crippen LogP contribution in [0.3, 0.4) is 0 Å². The number of anilines is 6. The molecule has 0 unspecified atom stereocenters. The van der Waals surface area contributed by atoms with Crippen molar-refractivity contribution in [2.24, 2.45) is 0 Å². The lowest BCUT2D eigenvalue weighted by atomic mass is 9.33. The van der Waals surface area contributed by atoms with E-state index in [1.54, 1.807) is 0 Å². The molecule has 131 heavy (non-hydrogen) atoms. The third-order valence-corrected chi connectivity index (χ3v) is 28.9. The number of nitrogens with zero attached hydrogens (tertiary/aromatic N) is 6. The van der Waals surface area contributed by atoms with Crippen LogP contribution in [0.2, 0.25) is 0 Å². The lowest BCUT2D eigenvalue weighted by Crippen LogP contribution is -2.61. The molecule has 0 fully saturated rings. The van der Waals surface area contributed by atoms with E-state index in [1.165, 1.54) is 81.8 Å². The van der Waals surface area contributed by atoms with Crippen molar-refractivity contribution in [3.63, 3.8) is 0 Å². The van der Waals surface area contributed by atoms with Gasteiger partial charge in [0.2, 0.25) is 0 Å². The largest absolute Gasteiger partial charge is 0.455 e. The molecule has 0 saturated heterocycles. The molecule has 9 heteroatoms. The predicted molar refractivity (Wildman–Crippen MR) is 557 cm³/mol. The van der Waals surface area contributed by atoms with Gasteiger partial charge in [0.15, 0.2) is 0 Å². The molecule has 0 aliphatic carbocycles. The van der Waals surface area contributed by atoms with E-state index in [0.29, 0.717) is 0 Å². The molecule has 2 aliphatic heterocycles. The van der Waals surface area contributed by atoms with Gasteiger partial charge < -0.3 is 36.9 Å². The summed E-state index contributed by atoms with van der Waals surface area (Å²) in [5.74, 6) is 0. The normalized spacial score (nSPS) is 13.4. The van der Waals surface area contributed by atoms with Crippen molar-refractivity contribution in [1.82, 2.24) is 18.3 Å². The molecule has 0 N–H and O–H groups in total. The maximum Gasteiger partial charge on any atom is 0.252 e. The lowest BCUT2D eigenvalue weighted by Gasteiger charge is -2.46. The van der Waals surface area contributed by atoms with Crippen LogP contribution in [-0.2, 0) is 27.1 Å². The summed E-state index contributed by atoms with van der Waals surface area (Å²) >= 11 is 0. The highest BCUT2D eigenvalue weighted by Crippen LogP contribution is 2.57. The molecule has 0 bridgehead atoms. The van der Waals surface area contributed by atoms with Crippen LogP contribution in [0.4, 0.5) is 34.1 Å². The number of rotatable bonds is 8. The molecule has 6 aromatic heterocycles. The van der Waals surface area contributed by atoms with Crippen LogP contribution >= 0.6 is 0 Å². The number of hydrogen-bond donors (Lipinski definition) is 0. The molecule has 0 atom stereocenters. The Morgan fingerprint density at radius 3 is 0.916 bits per heavy atom. The van der Waals surface area contributed by atoms with Crippen molar-refractivity contribution in [3.8, 4) is 45.0 Å². The fourth-order valence-corrected chi connectivity index (χ4v) is 22.3. The molecule has 25 rings (SSSR count). The second-order valence-corrected chi connectivity index (χ2v) is 42.0. The summed E-state index contributed by atoms with van der Waals surface area (Å²) in [6, 6.07) is 130. The second kappa shape index (κ2) is 27.9. The van der Waals surface area contributed by atoms with Crippen LogP contribution < -0.4 is 26.2 Å². The smallest absolute Gasteiger partial charge is 0.252 e. The maximum absolute atomic E-state index is 7.45. The number of benzene rings is 17. The molecule has 17 aromatic carbocycles. The van der Waals surface area contributed by atoms with E-state index < -0.39 is 6.71 Å². The SMILES string of the molecule is CC(C)(C)c1ccc2c(c1)B1c3ccc(-n4c5ccc(C(C)(C)C)cc5c5cc(C(C)(C)C)ccc54)cc3N(c3c(-c4cccc5c4oc4ccccc45)cccc3-n3c4ccccc4c4ccccc43)c3cc(-n4c5ccc(C(C)(C)C)cc5c5cc(C(C)(C)C)ccc54)cc(c31)N2c1c(-c2cccc3c2oc2ccccc23)cccc1-n1c2ccccc2c2ccccc21. The van der Waals surface area contributed by atoms with Gasteiger partial charge >= 0.3 is 0 Å². The van der Waals surface area contributed by atoms with Gasteiger partial charge in [-0.05, 0) is 199 Å². The number of hydrogen-bond acceptors (Lipinski definition) is 4. The quantitative estimate of drug-likeness (QED) is 0.142. The van der Waals surface area contributed by atoms with Gasteiger partial charge in [0.25, 0.3) is 6.71 Å². The first kappa shape index (κ1) is 78.5. The van der Waals surface area contributed by atoms with E-state index in [4.69, 9.17) is 8.83 Å². The Labute approximate surface area is 763 Å². The summed E-state index contributed by atoms with van der Waals surface area (Å²) in [7, 11) is 0. The van der Waals surface area contributed by atoms with Crippen LogP contribution in [0.25, 0.3) is 176 Å². The molecule has 0 radical (unpaired) electrons. The summed E-state index contributed by atoms with van der Waals surface area (Å²) in [5, 5.41) is 13.8. The van der Waals surface area contributed by atoms with E-state index >= 15 is 0 Å². The maximum atomic E-state index is 7.45. The van der Waals surface area contributed by atoms with Crippen molar-refractivity contribution in [2.75, 3.05) is 9.80 Å². The van der Waals surface area contributed by atoms with Crippen LogP contribution in [0.1, 0.15) is 132 Å². The molecule has 8 heterocycles. The summed E-state index contributed by atoms with van der Waals surface area (Å²) in [5.41, 5.74) is 35.6. The van der Waals surface area contributed by atoms with Crippen LogP contribution in [-0.4, -0.2) is 25.0 Å². The Hall–Kier alpha value is -14.8. The molecule has 0 spiro atoms. The van der Waals surface area contributed by atoms with Crippen molar-refractivity contribution >= 4 is 188 Å². The van der Waals surface area contributed by atoms with Gasteiger partial charge in [-0.1, -0.05) is 316 Å². The van der Waals surface area contributed by atoms with Gasteiger partial charge in [0.05, 0.1) is 72.6 Å². The van der Waals surface area contributed by atoms with E-state index in [2.05, 4.69) is 472 Å². The molecule has 0 amide bonds. The minimum atomic E-state index is -0.392. The molecular formula is C122H101BN6O2. The molecular weight excluding hydrogens is 1590 g/mol. The topological polar surface area (TPSA) is 52.5 Å². The fraction of sp³-hybridized carbons (Fsp3) is 0.164. The fourth-order valence-electron chi connectivity index (χ4n) is 22.3. The van der Waals surface area contributed by atoms with Crippen molar-refractivity contribution in [2.45, 2.75) is 131 Å². The summed E-state index contributed by atoms with van der Waals surface area (Å²) in [6.07, 6.45) is 0. The van der Waals surface area contributed by atoms with Gasteiger partial charge in [-0.15, -0.1) is 0 Å². The molecule has 8 nitrogen and oxygen atoms in total. The lowest BCUT2D eigenvalue weighted by molar-refractivity contribution is 0.590. The average molecular weight is 1690 g/mol. The summed E-state index contributed by atoms with van der Waals surface area (Å²) in [4.78, 5) is 5.48. The van der Waals surface area contributed by atoms with Gasteiger partial charge in [-0.25, -0.2) is 0 Å². The summed E-state index contributed by atoms with van der Waals surface area (Å²) in [6.45, 7) is 34.9. The number of furan rings is 2. The molecule has 634 valence electrons. The van der Waals surface area contributed by atoms with Crippen molar-refractivity contribution in [1.29, 1.82) is 0 Å². The second-order valence-electron chi connectivity index (χ2n) is 42.0. The Morgan fingerprint density at radius 1 is 0.206 bits per heavy atom. The van der Waals surface area contributed by atoms with Gasteiger partial charge in [0, 0.05) is 115 Å². The monoisotopic (exact) mass is 1690 g/mol. The first-order chi connectivity index (χ1) is 63.2. The third-order valence-electron chi connectivity index (χ3n) is 28.9. The predicted octanol–water partition coefficient (Wildman–Crippen LogP) is 31.8. The van der Waals surface area contributed by atoms with Crippen molar-refractivity contribution < 1.29 is 8.83 Å². The Balaban J connectivity index is 0.906. The number of aromatic nitrogens is 4. The number of para-hydroxylation sites is 10. The van der Waals surface area contributed by atoms with E-state index in [9.17, 15) is 0 Å². The molecule has 2 aliphatic rings. The van der Waals surface area contributed by atoms with Crippen LogP contribution in [0, 0.1) is 0 Å². The van der Waals surface area contributed by atoms with E-state index in [1.807, 2.05) is 0 Å². The van der Waals surface area contributed by atoms with Crippen LogP contribution in [0.15, 0.2) is 349 Å². The highest BCUT2D eigenvalue weighted by molar-refractivity contribution is 7.00. The zero-order chi connectivity index (χ0) is 89.1. The summed E-state index contributed by atoms with van der Waals surface area (Å²) < 4.78 is 25.1. The Kier molecular flexibility index (Phi) is 16.7. The highest BCUT2D eigenvalue weighted by Gasteiger charge is 2.47. The highest BCUT2D eigenvalue weighted by atomic mass is 16.3. The zero-order valence-corrected chi connectivity index (χ0v) is 76.9. The molecule has 0 saturated carbocycles. The number of fused-ring (bicyclic) bond motifs is 22. The Morgan fingerprint density at radius 2 is 0.519 bits per heavy atom. The first-order valence-corrected chi connectivity index (χ1v) is 46.5. The minimum absolute atomic E-state index is 0.115. The zero-order valence-electron chi connectivity index (χ0n) is 76.9.